The van der Waals surface area contributed by atoms with Gasteiger partial charge in [-0.15, -0.1) is 24.8 Å². The van der Waals surface area contributed by atoms with Crippen LogP contribution in [0.1, 0.15) is 48.9 Å². The predicted octanol–water partition coefficient (Wildman–Crippen LogP) is 5.73. The molecule has 204 valence electrons. The third-order valence-corrected chi connectivity index (χ3v) is 7.82. The van der Waals surface area contributed by atoms with E-state index in [2.05, 4.69) is 71.5 Å². The van der Waals surface area contributed by atoms with Gasteiger partial charge >= 0.3 is 0 Å². The normalized spacial score (nSPS) is 17.4. The number of aryl methyl sites for hydroxylation is 1. The fourth-order valence-corrected chi connectivity index (χ4v) is 5.24. The first kappa shape index (κ1) is 29.7. The van der Waals surface area contributed by atoms with Crippen molar-refractivity contribution in [1.29, 1.82) is 0 Å². The van der Waals surface area contributed by atoms with Gasteiger partial charge in [-0.25, -0.2) is 0 Å². The lowest BCUT2D eigenvalue weighted by molar-refractivity contribution is 0.145. The molecule has 6 nitrogen and oxygen atoms in total. The molecule has 1 aromatic heterocycles. The lowest BCUT2D eigenvalue weighted by Crippen LogP contribution is -2.33. The van der Waals surface area contributed by atoms with Crippen molar-refractivity contribution in [2.75, 3.05) is 40.4 Å². The fourth-order valence-electron chi connectivity index (χ4n) is 5.24. The number of benzene rings is 2. The summed E-state index contributed by atoms with van der Waals surface area (Å²) in [5.74, 6) is 1.59. The first-order valence-electron chi connectivity index (χ1n) is 13.1. The largest absolute Gasteiger partial charge is 0.492 e. The summed E-state index contributed by atoms with van der Waals surface area (Å²) in [6, 6.07) is 15.0. The number of aromatic nitrogens is 1. The lowest BCUT2D eigenvalue weighted by Gasteiger charge is -2.32. The zero-order valence-corrected chi connectivity index (χ0v) is 23.7. The Hall–Kier alpha value is -1.83. The van der Waals surface area contributed by atoms with Crippen LogP contribution < -0.4 is 4.74 Å². The number of hydrogen-bond donors (Lipinski definition) is 1. The minimum atomic E-state index is -0.0480. The van der Waals surface area contributed by atoms with Crippen molar-refractivity contribution in [2.24, 2.45) is 11.3 Å². The summed E-state index contributed by atoms with van der Waals surface area (Å²) in [6.07, 6.45) is 6.67. The Labute approximate surface area is 233 Å². The summed E-state index contributed by atoms with van der Waals surface area (Å²) in [4.78, 5) is 4.71. The second-order valence-corrected chi connectivity index (χ2v) is 11.0. The number of nitrogens with zero attached hydrogens (tertiary/aromatic N) is 3. The molecule has 2 heterocycles. The molecule has 0 amide bonds. The number of fused-ring (bicyclic) bond motifs is 1. The number of aliphatic hydroxyl groups is 1. The van der Waals surface area contributed by atoms with Crippen molar-refractivity contribution in [2.45, 2.75) is 51.6 Å². The van der Waals surface area contributed by atoms with Crippen LogP contribution in [0.2, 0.25) is 0 Å². The van der Waals surface area contributed by atoms with E-state index >= 15 is 0 Å². The van der Waals surface area contributed by atoms with E-state index in [0.717, 1.165) is 72.7 Å². The molecule has 0 bridgehead atoms. The highest BCUT2D eigenvalue weighted by molar-refractivity contribution is 5.86. The zero-order valence-electron chi connectivity index (χ0n) is 22.0. The molecule has 2 aliphatic rings. The Morgan fingerprint density at radius 1 is 1.08 bits per heavy atom. The molecular formula is C29H41Cl2N3O3. The van der Waals surface area contributed by atoms with E-state index in [4.69, 9.17) is 9.26 Å². The molecule has 3 aromatic rings. The number of hydrogen-bond acceptors (Lipinski definition) is 6. The van der Waals surface area contributed by atoms with Crippen molar-refractivity contribution in [3.63, 3.8) is 0 Å². The third kappa shape index (κ3) is 7.39. The maximum absolute atomic E-state index is 9.65. The monoisotopic (exact) mass is 549 g/mol. The highest BCUT2D eigenvalue weighted by atomic mass is 35.5. The van der Waals surface area contributed by atoms with Crippen molar-refractivity contribution in [3.05, 3.63) is 59.3 Å². The lowest BCUT2D eigenvalue weighted by atomic mass is 9.91. The van der Waals surface area contributed by atoms with Crippen LogP contribution in [0.4, 0.5) is 0 Å². The van der Waals surface area contributed by atoms with Crippen molar-refractivity contribution in [3.8, 4) is 5.75 Å². The van der Waals surface area contributed by atoms with Gasteiger partial charge in [0.15, 0.2) is 5.58 Å². The van der Waals surface area contributed by atoms with Gasteiger partial charge < -0.3 is 19.3 Å². The number of aliphatic hydroxyl groups excluding tert-OH is 1. The number of halogens is 2. The Morgan fingerprint density at radius 3 is 2.46 bits per heavy atom. The van der Waals surface area contributed by atoms with Crippen LogP contribution in [0.5, 0.6) is 5.75 Å². The van der Waals surface area contributed by atoms with Crippen LogP contribution in [0.3, 0.4) is 0 Å². The van der Waals surface area contributed by atoms with Gasteiger partial charge in [0.2, 0.25) is 0 Å². The van der Waals surface area contributed by atoms with Crippen LogP contribution in [0.25, 0.3) is 11.0 Å². The van der Waals surface area contributed by atoms with Gasteiger partial charge in [0, 0.05) is 23.9 Å². The van der Waals surface area contributed by atoms with Crippen LogP contribution in [-0.4, -0.2) is 60.5 Å². The van der Waals surface area contributed by atoms with Crippen molar-refractivity contribution < 1.29 is 14.4 Å². The summed E-state index contributed by atoms with van der Waals surface area (Å²) >= 11 is 0. The van der Waals surface area contributed by atoms with Crippen LogP contribution in [0.15, 0.2) is 47.0 Å². The summed E-state index contributed by atoms with van der Waals surface area (Å²) in [6.45, 7) is 4.87. The SMILES string of the molecule is CN(C)Cc1c(OCC2(CO)CC2)ccc2c(CCC3CCN(Cc4ccccc4)CC3)noc12.Cl.Cl. The Kier molecular flexibility index (Phi) is 10.7. The average molecular weight is 551 g/mol. The Bertz CT molecular complexity index is 1110. The Balaban J connectivity index is 0.00000190. The maximum atomic E-state index is 9.65. The van der Waals surface area contributed by atoms with Crippen LogP contribution >= 0.6 is 24.8 Å². The summed E-state index contributed by atoms with van der Waals surface area (Å²) < 4.78 is 12.1. The first-order chi connectivity index (χ1) is 17.0. The first-order valence-corrected chi connectivity index (χ1v) is 13.1. The molecule has 0 unspecified atom stereocenters. The average Bonchev–Trinajstić information content (AvgIpc) is 3.54. The minimum absolute atomic E-state index is 0. The van der Waals surface area contributed by atoms with Crippen LogP contribution in [-0.2, 0) is 19.5 Å². The molecule has 5 rings (SSSR count). The highest BCUT2D eigenvalue weighted by Gasteiger charge is 2.43. The van der Waals surface area contributed by atoms with E-state index in [-0.39, 0.29) is 36.8 Å². The van der Waals surface area contributed by atoms with Gasteiger partial charge in [0.25, 0.3) is 0 Å². The van der Waals surface area contributed by atoms with E-state index in [1.807, 2.05) is 0 Å². The highest BCUT2D eigenvalue weighted by Crippen LogP contribution is 2.45. The van der Waals surface area contributed by atoms with Gasteiger partial charge in [-0.2, -0.15) is 0 Å². The quantitative estimate of drug-likeness (QED) is 0.329. The maximum Gasteiger partial charge on any atom is 0.175 e. The molecule has 2 aromatic carbocycles. The van der Waals surface area contributed by atoms with Crippen LogP contribution in [0, 0.1) is 11.3 Å². The van der Waals surface area contributed by atoms with Gasteiger partial charge in [0.05, 0.1) is 24.5 Å². The van der Waals surface area contributed by atoms with Crippen molar-refractivity contribution >= 4 is 35.8 Å². The van der Waals surface area contributed by atoms with E-state index in [1.54, 1.807) is 0 Å². The van der Waals surface area contributed by atoms with Gasteiger partial charge in [-0.3, -0.25) is 4.90 Å². The fraction of sp³-hybridized carbons (Fsp3) is 0.552. The van der Waals surface area contributed by atoms with E-state index < -0.39 is 0 Å². The van der Waals surface area contributed by atoms with Gasteiger partial charge in [-0.05, 0) is 89.3 Å². The molecule has 1 saturated carbocycles. The molecule has 2 fully saturated rings. The predicted molar refractivity (Wildman–Crippen MR) is 153 cm³/mol. The standard InChI is InChI=1S/C29H39N3O3.2ClH/c1-31(2)19-25-27(34-21-29(20-33)14-15-29)11-9-24-26(30-35-28(24)25)10-8-22-12-16-32(17-13-22)18-23-6-4-3-5-7-23;;/h3-7,9,11,22,33H,8,10,12-21H2,1-2H3;2*1H. The summed E-state index contributed by atoms with van der Waals surface area (Å²) in [7, 11) is 4.11. The van der Waals surface area contributed by atoms with E-state index in [1.165, 1.54) is 31.5 Å². The van der Waals surface area contributed by atoms with Gasteiger partial charge in [-0.1, -0.05) is 35.5 Å². The minimum Gasteiger partial charge on any atom is -0.492 e. The molecular weight excluding hydrogens is 509 g/mol. The molecule has 1 saturated heterocycles. The second kappa shape index (κ2) is 13.3. The molecule has 0 atom stereocenters. The molecule has 37 heavy (non-hydrogen) atoms. The third-order valence-electron chi connectivity index (χ3n) is 7.82. The number of piperidine rings is 1. The summed E-state index contributed by atoms with van der Waals surface area (Å²) in [5, 5.41) is 15.3. The zero-order chi connectivity index (χ0) is 24.3. The molecule has 1 N–H and O–H groups in total. The second-order valence-electron chi connectivity index (χ2n) is 11.0. The molecule has 0 radical (unpaired) electrons. The topological polar surface area (TPSA) is 62.0 Å². The van der Waals surface area contributed by atoms with E-state index in [9.17, 15) is 5.11 Å². The molecule has 1 aliphatic carbocycles. The molecule has 0 spiro atoms. The van der Waals surface area contributed by atoms with E-state index in [0.29, 0.717) is 6.61 Å². The molecule has 8 heteroatoms. The number of likely N-dealkylation sites (tertiary alicyclic amines) is 1. The van der Waals surface area contributed by atoms with Gasteiger partial charge in [0.1, 0.15) is 5.75 Å². The number of ether oxygens (including phenoxy) is 1. The number of rotatable bonds is 11. The Morgan fingerprint density at radius 2 is 1.81 bits per heavy atom. The smallest absolute Gasteiger partial charge is 0.175 e. The molecule has 1 aliphatic heterocycles. The summed E-state index contributed by atoms with van der Waals surface area (Å²) in [5.41, 5.74) is 4.31. The van der Waals surface area contributed by atoms with Crippen molar-refractivity contribution in [1.82, 2.24) is 15.0 Å².